The van der Waals surface area contributed by atoms with Gasteiger partial charge < -0.3 is 9.84 Å². The molecular weight excluding hydrogens is 210 g/mol. The summed E-state index contributed by atoms with van der Waals surface area (Å²) in [6.07, 6.45) is 3.53. The molecule has 0 spiro atoms. The largest absolute Gasteiger partial charge is 0.481 e. The highest BCUT2D eigenvalue weighted by molar-refractivity contribution is 5.76. The number of carboxylic acid groups (broad SMARTS) is 1. The molecule has 16 heavy (non-hydrogen) atoms. The van der Waals surface area contributed by atoms with Crippen molar-refractivity contribution in [1.82, 2.24) is 4.90 Å². The third kappa shape index (κ3) is 5.70. The Morgan fingerprint density at radius 1 is 1.12 bits per heavy atom. The third-order valence-corrected chi connectivity index (χ3v) is 2.66. The van der Waals surface area contributed by atoms with Crippen LogP contribution in [0.5, 0.6) is 0 Å². The first-order valence-corrected chi connectivity index (χ1v) is 5.78. The van der Waals surface area contributed by atoms with Gasteiger partial charge in [0.2, 0.25) is 0 Å². The van der Waals surface area contributed by atoms with Gasteiger partial charge in [-0.05, 0) is 25.9 Å². The maximum atomic E-state index is 11.1. The number of ether oxygens (including phenoxy) is 1. The maximum Gasteiger partial charge on any atom is 0.306 e. The van der Waals surface area contributed by atoms with Gasteiger partial charge >= 0.3 is 11.9 Å². The van der Waals surface area contributed by atoms with Gasteiger partial charge in [0.15, 0.2) is 0 Å². The highest BCUT2D eigenvalue weighted by atomic mass is 16.5. The van der Waals surface area contributed by atoms with Gasteiger partial charge in [0.1, 0.15) is 6.61 Å². The average molecular weight is 229 g/mol. The van der Waals surface area contributed by atoms with Gasteiger partial charge in [-0.2, -0.15) is 0 Å². The number of carbonyl (C=O) groups is 2. The first-order chi connectivity index (χ1) is 7.68. The van der Waals surface area contributed by atoms with Crippen molar-refractivity contribution in [3.05, 3.63) is 0 Å². The first kappa shape index (κ1) is 13.0. The monoisotopic (exact) mass is 229 g/mol. The van der Waals surface area contributed by atoms with E-state index in [1.165, 1.54) is 19.3 Å². The number of piperidine rings is 1. The molecule has 1 aliphatic heterocycles. The fourth-order valence-electron chi connectivity index (χ4n) is 1.75. The quantitative estimate of drug-likeness (QED) is 0.685. The smallest absolute Gasteiger partial charge is 0.306 e. The molecule has 0 aromatic rings. The minimum absolute atomic E-state index is 0.0324. The zero-order chi connectivity index (χ0) is 11.8. The van der Waals surface area contributed by atoms with Gasteiger partial charge in [-0.25, -0.2) is 0 Å². The predicted molar refractivity (Wildman–Crippen MR) is 58.1 cm³/mol. The highest BCUT2D eigenvalue weighted by Gasteiger charge is 2.11. The van der Waals surface area contributed by atoms with Crippen molar-refractivity contribution in [2.45, 2.75) is 32.1 Å². The molecule has 0 saturated carbocycles. The lowest BCUT2D eigenvalue weighted by Gasteiger charge is -2.25. The second-order valence-corrected chi connectivity index (χ2v) is 4.02. The molecule has 0 atom stereocenters. The van der Waals surface area contributed by atoms with E-state index in [1.54, 1.807) is 0 Å². The van der Waals surface area contributed by atoms with Gasteiger partial charge in [0.05, 0.1) is 12.8 Å². The number of hydrogen-bond acceptors (Lipinski definition) is 4. The predicted octanol–water partition coefficient (Wildman–Crippen LogP) is 0.880. The van der Waals surface area contributed by atoms with E-state index < -0.39 is 11.9 Å². The summed E-state index contributed by atoms with van der Waals surface area (Å²) in [4.78, 5) is 23.6. The minimum Gasteiger partial charge on any atom is -0.481 e. The Labute approximate surface area is 95.4 Å². The fraction of sp³-hybridized carbons (Fsp3) is 0.818. The van der Waals surface area contributed by atoms with E-state index >= 15 is 0 Å². The molecule has 5 heteroatoms. The van der Waals surface area contributed by atoms with E-state index in [0.29, 0.717) is 6.61 Å². The standard InChI is InChI=1S/C11H19NO4/c13-10(14)4-5-11(15)16-9-8-12-6-2-1-3-7-12/h1-9H2,(H,13,14). The third-order valence-electron chi connectivity index (χ3n) is 2.66. The molecule has 0 unspecified atom stereocenters. The molecule has 1 heterocycles. The molecule has 1 rings (SSSR count). The summed E-state index contributed by atoms with van der Waals surface area (Å²) in [6.45, 7) is 3.29. The highest BCUT2D eigenvalue weighted by Crippen LogP contribution is 2.07. The Morgan fingerprint density at radius 3 is 2.44 bits per heavy atom. The summed E-state index contributed by atoms with van der Waals surface area (Å²) in [6, 6.07) is 0. The van der Waals surface area contributed by atoms with Crippen LogP contribution in [-0.2, 0) is 14.3 Å². The number of nitrogens with zero attached hydrogens (tertiary/aromatic N) is 1. The normalized spacial score (nSPS) is 17.0. The van der Waals surface area contributed by atoms with Crippen molar-refractivity contribution in [2.75, 3.05) is 26.2 Å². The van der Waals surface area contributed by atoms with Crippen LogP contribution in [-0.4, -0.2) is 48.2 Å². The second-order valence-electron chi connectivity index (χ2n) is 4.02. The molecule has 0 aromatic heterocycles. The summed E-state index contributed by atoms with van der Waals surface area (Å²) < 4.78 is 4.95. The molecule has 92 valence electrons. The second kappa shape index (κ2) is 7.22. The maximum absolute atomic E-state index is 11.1. The van der Waals surface area contributed by atoms with Crippen LogP contribution >= 0.6 is 0 Å². The number of likely N-dealkylation sites (tertiary alicyclic amines) is 1. The molecule has 0 amide bonds. The first-order valence-electron chi connectivity index (χ1n) is 5.78. The fourth-order valence-corrected chi connectivity index (χ4v) is 1.75. The zero-order valence-corrected chi connectivity index (χ0v) is 9.48. The van der Waals surface area contributed by atoms with E-state index in [2.05, 4.69) is 4.90 Å². The molecular formula is C11H19NO4. The summed E-state index contributed by atoms with van der Waals surface area (Å²) in [5, 5.41) is 8.38. The molecule has 0 aromatic carbocycles. The van der Waals surface area contributed by atoms with Crippen molar-refractivity contribution >= 4 is 11.9 Å². The van der Waals surface area contributed by atoms with E-state index in [1.807, 2.05) is 0 Å². The van der Waals surface area contributed by atoms with Crippen LogP contribution in [0.25, 0.3) is 0 Å². The van der Waals surface area contributed by atoms with Crippen molar-refractivity contribution in [1.29, 1.82) is 0 Å². The van der Waals surface area contributed by atoms with E-state index in [-0.39, 0.29) is 12.8 Å². The van der Waals surface area contributed by atoms with E-state index in [4.69, 9.17) is 9.84 Å². The van der Waals surface area contributed by atoms with E-state index in [0.717, 1.165) is 19.6 Å². The number of carboxylic acids is 1. The number of rotatable bonds is 6. The lowest BCUT2D eigenvalue weighted by molar-refractivity contribution is -0.148. The SMILES string of the molecule is O=C(O)CCC(=O)OCCN1CCCCC1. The molecule has 0 radical (unpaired) electrons. The van der Waals surface area contributed by atoms with Crippen molar-refractivity contribution in [2.24, 2.45) is 0 Å². The van der Waals surface area contributed by atoms with Crippen LogP contribution in [0.3, 0.4) is 0 Å². The lowest BCUT2D eigenvalue weighted by atomic mass is 10.1. The number of carbonyl (C=O) groups excluding carboxylic acids is 1. The van der Waals surface area contributed by atoms with Gasteiger partial charge in [0, 0.05) is 6.54 Å². The van der Waals surface area contributed by atoms with Gasteiger partial charge in [0.25, 0.3) is 0 Å². The molecule has 0 aliphatic carbocycles. The molecule has 5 nitrogen and oxygen atoms in total. The van der Waals surface area contributed by atoms with Crippen LogP contribution in [0.15, 0.2) is 0 Å². The van der Waals surface area contributed by atoms with Crippen LogP contribution in [0, 0.1) is 0 Å². The van der Waals surface area contributed by atoms with Crippen LogP contribution < -0.4 is 0 Å². The number of aliphatic carboxylic acids is 1. The Balaban J connectivity index is 2.01. The molecule has 1 N–H and O–H groups in total. The van der Waals surface area contributed by atoms with Crippen molar-refractivity contribution in [3.63, 3.8) is 0 Å². The zero-order valence-electron chi connectivity index (χ0n) is 9.48. The Kier molecular flexibility index (Phi) is 5.85. The topological polar surface area (TPSA) is 66.8 Å². The van der Waals surface area contributed by atoms with Crippen LogP contribution in [0.1, 0.15) is 32.1 Å². The summed E-state index contributed by atoms with van der Waals surface area (Å²) in [7, 11) is 0. The Bertz CT molecular complexity index is 236. The van der Waals surface area contributed by atoms with Crippen LogP contribution in [0.2, 0.25) is 0 Å². The summed E-state index contributed by atoms with van der Waals surface area (Å²) in [5.74, 6) is -1.38. The Hall–Kier alpha value is -1.10. The Morgan fingerprint density at radius 2 is 1.81 bits per heavy atom. The molecule has 0 bridgehead atoms. The molecule has 1 saturated heterocycles. The summed E-state index contributed by atoms with van der Waals surface area (Å²) in [5.41, 5.74) is 0. The van der Waals surface area contributed by atoms with Crippen LogP contribution in [0.4, 0.5) is 0 Å². The summed E-state index contributed by atoms with van der Waals surface area (Å²) >= 11 is 0. The number of hydrogen-bond donors (Lipinski definition) is 1. The minimum atomic E-state index is -0.965. The lowest BCUT2D eigenvalue weighted by Crippen LogP contribution is -2.33. The molecule has 1 fully saturated rings. The number of esters is 1. The van der Waals surface area contributed by atoms with Crippen molar-refractivity contribution in [3.8, 4) is 0 Å². The average Bonchev–Trinajstić information content (AvgIpc) is 2.28. The van der Waals surface area contributed by atoms with Gasteiger partial charge in [-0.1, -0.05) is 6.42 Å². The van der Waals surface area contributed by atoms with Crippen molar-refractivity contribution < 1.29 is 19.4 Å². The van der Waals surface area contributed by atoms with Gasteiger partial charge in [-0.15, -0.1) is 0 Å². The van der Waals surface area contributed by atoms with E-state index in [9.17, 15) is 9.59 Å². The van der Waals surface area contributed by atoms with Gasteiger partial charge in [-0.3, -0.25) is 14.5 Å². The molecule has 1 aliphatic rings.